The molecule has 0 atom stereocenters. The maximum absolute atomic E-state index is 10.9. The van der Waals surface area contributed by atoms with Crippen molar-refractivity contribution in [3.63, 3.8) is 0 Å². The molecule has 70 valence electrons. The zero-order valence-electron chi connectivity index (χ0n) is 7.08. The Kier molecular flexibility index (Phi) is 3.25. The van der Waals surface area contributed by atoms with Crippen molar-refractivity contribution >= 4 is 27.6 Å². The first-order valence-corrected chi connectivity index (χ1v) is 4.40. The van der Waals surface area contributed by atoms with Crippen molar-refractivity contribution in [3.8, 4) is 0 Å². The van der Waals surface area contributed by atoms with Gasteiger partial charge in [0.2, 0.25) is 0 Å². The fourth-order valence-corrected chi connectivity index (χ4v) is 1.38. The largest absolute Gasteiger partial charge is 0.469 e. The van der Waals surface area contributed by atoms with Gasteiger partial charge in [-0.15, -0.1) is 0 Å². The van der Waals surface area contributed by atoms with Gasteiger partial charge in [0.1, 0.15) is 4.60 Å². The van der Waals surface area contributed by atoms with E-state index in [1.54, 1.807) is 12.1 Å². The van der Waals surface area contributed by atoms with Crippen molar-refractivity contribution in [1.29, 1.82) is 0 Å². The zero-order chi connectivity index (χ0) is 9.84. The average molecular weight is 245 g/mol. The molecule has 0 aliphatic carbocycles. The highest BCUT2D eigenvalue weighted by atomic mass is 79.9. The number of hydrogen-bond donors (Lipinski definition) is 1. The lowest BCUT2D eigenvalue weighted by atomic mass is 10.2. The minimum atomic E-state index is -0.329. The number of aromatic nitrogens is 1. The summed E-state index contributed by atoms with van der Waals surface area (Å²) in [6.07, 6.45) is 0.139. The molecule has 0 aliphatic rings. The number of methoxy groups -OCH3 is 1. The Morgan fingerprint density at radius 2 is 2.38 bits per heavy atom. The van der Waals surface area contributed by atoms with E-state index in [1.165, 1.54) is 7.11 Å². The van der Waals surface area contributed by atoms with Gasteiger partial charge in [-0.2, -0.15) is 0 Å². The molecular weight excluding hydrogens is 236 g/mol. The molecule has 0 aromatic carbocycles. The Labute approximate surface area is 84.2 Å². The maximum atomic E-state index is 10.9. The lowest BCUT2D eigenvalue weighted by Crippen LogP contribution is -2.06. The van der Waals surface area contributed by atoms with Crippen molar-refractivity contribution in [2.45, 2.75) is 6.42 Å². The second-order valence-corrected chi connectivity index (χ2v) is 3.28. The van der Waals surface area contributed by atoms with Gasteiger partial charge in [-0.25, -0.2) is 4.98 Å². The highest BCUT2D eigenvalue weighted by Crippen LogP contribution is 2.13. The van der Waals surface area contributed by atoms with Gasteiger partial charge in [-0.3, -0.25) is 4.79 Å². The van der Waals surface area contributed by atoms with Gasteiger partial charge in [0.05, 0.1) is 19.2 Å². The molecule has 0 saturated carbocycles. The normalized spacial score (nSPS) is 9.69. The second-order valence-electron chi connectivity index (χ2n) is 2.47. The molecule has 1 aromatic heterocycles. The first kappa shape index (κ1) is 9.98. The molecule has 0 aliphatic heterocycles. The average Bonchev–Trinajstić information content (AvgIpc) is 2.02. The number of anilines is 1. The van der Waals surface area contributed by atoms with Crippen LogP contribution in [0.15, 0.2) is 16.7 Å². The maximum Gasteiger partial charge on any atom is 0.311 e. The predicted octanol–water partition coefficient (Wildman–Crippen LogP) is 1.14. The summed E-state index contributed by atoms with van der Waals surface area (Å²) >= 11 is 3.18. The van der Waals surface area contributed by atoms with E-state index in [-0.39, 0.29) is 12.4 Å². The predicted molar refractivity (Wildman–Crippen MR) is 52.1 cm³/mol. The van der Waals surface area contributed by atoms with Crippen LogP contribution in [0.25, 0.3) is 0 Å². The summed E-state index contributed by atoms with van der Waals surface area (Å²) in [5, 5.41) is 0. The van der Waals surface area contributed by atoms with Crippen LogP contribution in [0.5, 0.6) is 0 Å². The van der Waals surface area contributed by atoms with E-state index < -0.39 is 0 Å². The smallest absolute Gasteiger partial charge is 0.311 e. The van der Waals surface area contributed by atoms with E-state index in [4.69, 9.17) is 5.73 Å². The minimum Gasteiger partial charge on any atom is -0.469 e. The van der Waals surface area contributed by atoms with E-state index in [0.29, 0.717) is 16.0 Å². The summed E-state index contributed by atoms with van der Waals surface area (Å²) in [5.41, 5.74) is 6.72. The number of esters is 1. The van der Waals surface area contributed by atoms with Crippen molar-refractivity contribution in [3.05, 3.63) is 22.4 Å². The number of rotatable bonds is 2. The molecule has 0 unspecified atom stereocenters. The SMILES string of the molecule is COC(=O)Cc1cc(N)cc(Br)n1. The van der Waals surface area contributed by atoms with E-state index in [1.807, 2.05) is 0 Å². The molecule has 1 aromatic rings. The molecule has 0 saturated heterocycles. The van der Waals surface area contributed by atoms with Gasteiger partial charge in [-0.1, -0.05) is 0 Å². The van der Waals surface area contributed by atoms with E-state index in [9.17, 15) is 4.79 Å². The third-order valence-corrected chi connectivity index (χ3v) is 1.83. The summed E-state index contributed by atoms with van der Waals surface area (Å²) < 4.78 is 5.12. The zero-order valence-corrected chi connectivity index (χ0v) is 8.67. The topological polar surface area (TPSA) is 65.2 Å². The van der Waals surface area contributed by atoms with Crippen LogP contribution in [0.3, 0.4) is 0 Å². The standard InChI is InChI=1S/C8H9BrN2O2/c1-13-8(12)4-6-2-5(10)3-7(9)11-6/h2-3H,4H2,1H3,(H2,10,11). The van der Waals surface area contributed by atoms with Gasteiger partial charge < -0.3 is 10.5 Å². The highest BCUT2D eigenvalue weighted by Gasteiger charge is 2.05. The van der Waals surface area contributed by atoms with E-state index in [2.05, 4.69) is 25.7 Å². The van der Waals surface area contributed by atoms with Crippen LogP contribution < -0.4 is 5.73 Å². The van der Waals surface area contributed by atoms with Gasteiger partial charge in [0.15, 0.2) is 0 Å². The van der Waals surface area contributed by atoms with Gasteiger partial charge in [0, 0.05) is 5.69 Å². The third-order valence-electron chi connectivity index (χ3n) is 1.42. The quantitative estimate of drug-likeness (QED) is 0.626. The van der Waals surface area contributed by atoms with Crippen LogP contribution in [-0.4, -0.2) is 18.1 Å². The molecule has 1 heterocycles. The molecular formula is C8H9BrN2O2. The van der Waals surface area contributed by atoms with Crippen LogP contribution in [0.1, 0.15) is 5.69 Å². The van der Waals surface area contributed by atoms with Crippen molar-refractivity contribution in [2.75, 3.05) is 12.8 Å². The molecule has 4 nitrogen and oxygen atoms in total. The lowest BCUT2D eigenvalue weighted by molar-refractivity contribution is -0.139. The van der Waals surface area contributed by atoms with Crippen molar-refractivity contribution < 1.29 is 9.53 Å². The number of nitrogens with zero attached hydrogens (tertiary/aromatic N) is 1. The Balaban J connectivity index is 2.83. The molecule has 0 amide bonds. The third kappa shape index (κ3) is 3.02. The summed E-state index contributed by atoms with van der Waals surface area (Å²) in [6, 6.07) is 3.31. The molecule has 0 fully saturated rings. The number of carbonyl (C=O) groups is 1. The first-order chi connectivity index (χ1) is 6.11. The van der Waals surface area contributed by atoms with Gasteiger partial charge >= 0.3 is 5.97 Å². The monoisotopic (exact) mass is 244 g/mol. The van der Waals surface area contributed by atoms with E-state index in [0.717, 1.165) is 0 Å². The summed E-state index contributed by atoms with van der Waals surface area (Å²) in [4.78, 5) is 14.9. The Hall–Kier alpha value is -1.10. The molecule has 0 radical (unpaired) electrons. The molecule has 1 rings (SSSR count). The fraction of sp³-hybridized carbons (Fsp3) is 0.250. The molecule has 5 heteroatoms. The minimum absolute atomic E-state index is 0.139. The molecule has 13 heavy (non-hydrogen) atoms. The van der Waals surface area contributed by atoms with Gasteiger partial charge in [-0.05, 0) is 28.1 Å². The van der Waals surface area contributed by atoms with Crippen molar-refractivity contribution in [2.24, 2.45) is 0 Å². The molecule has 0 bridgehead atoms. The van der Waals surface area contributed by atoms with Crippen LogP contribution in [0, 0.1) is 0 Å². The van der Waals surface area contributed by atoms with Crippen LogP contribution in [0.4, 0.5) is 5.69 Å². The number of nitrogen functional groups attached to an aromatic ring is 1. The van der Waals surface area contributed by atoms with Crippen LogP contribution >= 0.6 is 15.9 Å². The van der Waals surface area contributed by atoms with Crippen molar-refractivity contribution in [1.82, 2.24) is 4.98 Å². The number of hydrogen-bond acceptors (Lipinski definition) is 4. The Bertz CT molecular complexity index is 308. The summed E-state index contributed by atoms with van der Waals surface area (Å²) in [6.45, 7) is 0. The highest BCUT2D eigenvalue weighted by molar-refractivity contribution is 9.10. The van der Waals surface area contributed by atoms with Crippen LogP contribution in [0.2, 0.25) is 0 Å². The van der Waals surface area contributed by atoms with Crippen LogP contribution in [-0.2, 0) is 16.0 Å². The number of pyridine rings is 1. The lowest BCUT2D eigenvalue weighted by Gasteiger charge is -2.01. The molecule has 0 spiro atoms. The first-order valence-electron chi connectivity index (χ1n) is 3.60. The van der Waals surface area contributed by atoms with E-state index >= 15 is 0 Å². The van der Waals surface area contributed by atoms with Gasteiger partial charge in [0.25, 0.3) is 0 Å². The number of halogens is 1. The number of nitrogens with two attached hydrogens (primary N) is 1. The molecule has 2 N–H and O–H groups in total. The summed E-state index contributed by atoms with van der Waals surface area (Å²) in [5.74, 6) is -0.329. The Morgan fingerprint density at radius 3 is 2.92 bits per heavy atom. The fourth-order valence-electron chi connectivity index (χ4n) is 0.884. The number of carbonyl (C=O) groups excluding carboxylic acids is 1. The Morgan fingerprint density at radius 1 is 1.69 bits per heavy atom. The number of ether oxygens (including phenoxy) is 1. The second kappa shape index (κ2) is 4.23. The summed E-state index contributed by atoms with van der Waals surface area (Å²) in [7, 11) is 1.34.